The summed E-state index contributed by atoms with van der Waals surface area (Å²) in [5, 5.41) is 1.66. The molecule has 0 spiro atoms. The number of nitrogens with two attached hydrogens (primary N) is 1. The Balaban J connectivity index is 2.88. The van der Waals surface area contributed by atoms with Crippen LogP contribution in [0.5, 0.6) is 0 Å². The van der Waals surface area contributed by atoms with Crippen LogP contribution in [-0.2, 0) is 6.42 Å². The van der Waals surface area contributed by atoms with Crippen LogP contribution >= 0.6 is 47.0 Å². The molecule has 1 atom stereocenters. The Morgan fingerprint density at radius 1 is 1.31 bits per heavy atom. The fourth-order valence-electron chi connectivity index (χ4n) is 1.52. The Hall–Kier alpha value is -0.0200. The number of halogens is 3. The molecule has 0 aliphatic carbocycles. The van der Waals surface area contributed by atoms with Crippen molar-refractivity contribution in [3.63, 3.8) is 0 Å². The van der Waals surface area contributed by atoms with Crippen LogP contribution in [0.2, 0.25) is 15.1 Å². The second-order valence-electron chi connectivity index (χ2n) is 3.80. The number of hydrogen-bond donors (Lipinski definition) is 1. The molecule has 5 heteroatoms. The van der Waals surface area contributed by atoms with Gasteiger partial charge in [-0.2, -0.15) is 0 Å². The zero-order valence-electron chi connectivity index (χ0n) is 8.77. The van der Waals surface area contributed by atoms with Crippen molar-refractivity contribution in [1.82, 2.24) is 0 Å². The number of rotatable bonds is 4. The third-order valence-corrected chi connectivity index (χ3v) is 3.61. The molecule has 16 heavy (non-hydrogen) atoms. The fourth-order valence-corrected chi connectivity index (χ4v) is 2.51. The Kier molecular flexibility index (Phi) is 5.32. The lowest BCUT2D eigenvalue weighted by Crippen LogP contribution is -2.14. The molecule has 0 saturated carbocycles. The Bertz CT molecular complexity index is 406. The SMILES string of the molecule is CC(CC(N)=S)Cc1c(Cl)ccc(Cl)c1Cl. The van der Waals surface area contributed by atoms with E-state index in [9.17, 15) is 0 Å². The van der Waals surface area contributed by atoms with Crippen molar-refractivity contribution in [3.05, 3.63) is 32.8 Å². The van der Waals surface area contributed by atoms with Crippen LogP contribution < -0.4 is 5.73 Å². The van der Waals surface area contributed by atoms with Gasteiger partial charge in [-0.1, -0.05) is 53.9 Å². The van der Waals surface area contributed by atoms with E-state index < -0.39 is 0 Å². The summed E-state index contributed by atoms with van der Waals surface area (Å²) in [5.41, 5.74) is 6.35. The fraction of sp³-hybridized carbons (Fsp3) is 0.364. The molecule has 1 unspecified atom stereocenters. The predicted molar refractivity (Wildman–Crippen MR) is 75.7 cm³/mol. The molecule has 1 nitrogen and oxygen atoms in total. The average Bonchev–Trinajstić information content (AvgIpc) is 2.17. The minimum absolute atomic E-state index is 0.297. The molecule has 0 aliphatic rings. The van der Waals surface area contributed by atoms with Gasteiger partial charge < -0.3 is 5.73 Å². The van der Waals surface area contributed by atoms with Crippen molar-refractivity contribution in [2.45, 2.75) is 19.8 Å². The first-order valence-corrected chi connectivity index (χ1v) is 6.36. The van der Waals surface area contributed by atoms with Crippen LogP contribution in [0.3, 0.4) is 0 Å². The summed E-state index contributed by atoms with van der Waals surface area (Å²) >= 11 is 23.0. The summed E-state index contributed by atoms with van der Waals surface area (Å²) in [6.07, 6.45) is 1.39. The van der Waals surface area contributed by atoms with Crippen LogP contribution in [0.15, 0.2) is 12.1 Å². The topological polar surface area (TPSA) is 26.0 Å². The van der Waals surface area contributed by atoms with E-state index >= 15 is 0 Å². The summed E-state index contributed by atoms with van der Waals surface area (Å²) in [6.45, 7) is 2.05. The molecule has 0 aliphatic heterocycles. The molecule has 0 radical (unpaired) electrons. The maximum absolute atomic E-state index is 6.10. The van der Waals surface area contributed by atoms with Gasteiger partial charge in [0.1, 0.15) is 0 Å². The minimum atomic E-state index is 0.297. The molecule has 0 fully saturated rings. The van der Waals surface area contributed by atoms with Crippen molar-refractivity contribution in [2.75, 3.05) is 0 Å². The lowest BCUT2D eigenvalue weighted by atomic mass is 9.98. The highest BCUT2D eigenvalue weighted by molar-refractivity contribution is 7.80. The zero-order chi connectivity index (χ0) is 12.3. The second kappa shape index (κ2) is 6.06. The van der Waals surface area contributed by atoms with Gasteiger partial charge in [0.25, 0.3) is 0 Å². The van der Waals surface area contributed by atoms with Crippen LogP contribution in [0.25, 0.3) is 0 Å². The quantitative estimate of drug-likeness (QED) is 0.654. The third kappa shape index (κ3) is 3.77. The van der Waals surface area contributed by atoms with Gasteiger partial charge >= 0.3 is 0 Å². The average molecular weight is 297 g/mol. The number of thiocarbonyl (C=S) groups is 1. The number of benzene rings is 1. The molecule has 88 valence electrons. The maximum Gasteiger partial charge on any atom is 0.0730 e. The molecule has 0 amide bonds. The lowest BCUT2D eigenvalue weighted by molar-refractivity contribution is 0.607. The smallest absolute Gasteiger partial charge is 0.0730 e. The largest absolute Gasteiger partial charge is 0.393 e. The van der Waals surface area contributed by atoms with Gasteiger partial charge in [-0.15, -0.1) is 0 Å². The third-order valence-electron chi connectivity index (χ3n) is 2.24. The van der Waals surface area contributed by atoms with Gasteiger partial charge in [-0.25, -0.2) is 0 Å². The zero-order valence-corrected chi connectivity index (χ0v) is 11.9. The van der Waals surface area contributed by atoms with Crippen molar-refractivity contribution in [3.8, 4) is 0 Å². The molecule has 1 rings (SSSR count). The summed E-state index contributed by atoms with van der Waals surface area (Å²) in [4.78, 5) is 0.502. The minimum Gasteiger partial charge on any atom is -0.393 e. The standard InChI is InChI=1S/C11H12Cl3NS/c1-6(5-10(15)16)4-7-8(12)2-3-9(13)11(7)14/h2-3,6H,4-5H2,1H3,(H2,15,16). The van der Waals surface area contributed by atoms with Crippen molar-refractivity contribution in [1.29, 1.82) is 0 Å². The Labute approximate surface area is 116 Å². The van der Waals surface area contributed by atoms with E-state index in [4.69, 9.17) is 52.8 Å². The maximum atomic E-state index is 6.10. The van der Waals surface area contributed by atoms with Crippen molar-refractivity contribution < 1.29 is 0 Å². The second-order valence-corrected chi connectivity index (χ2v) is 5.52. The normalized spacial score (nSPS) is 12.5. The van der Waals surface area contributed by atoms with Crippen LogP contribution in [0.1, 0.15) is 18.9 Å². The van der Waals surface area contributed by atoms with E-state index in [1.54, 1.807) is 12.1 Å². The van der Waals surface area contributed by atoms with Gasteiger partial charge in [0.2, 0.25) is 0 Å². The lowest BCUT2D eigenvalue weighted by Gasteiger charge is -2.13. The summed E-state index contributed by atoms with van der Waals surface area (Å²) in [5.74, 6) is 0.297. The highest BCUT2D eigenvalue weighted by Gasteiger charge is 2.13. The molecule has 0 bridgehead atoms. The summed E-state index contributed by atoms with van der Waals surface area (Å²) in [7, 11) is 0. The molecular weight excluding hydrogens is 285 g/mol. The Morgan fingerprint density at radius 2 is 1.88 bits per heavy atom. The van der Waals surface area contributed by atoms with Crippen molar-refractivity contribution >= 4 is 52.0 Å². The van der Waals surface area contributed by atoms with E-state index in [1.807, 2.05) is 6.92 Å². The van der Waals surface area contributed by atoms with Crippen LogP contribution in [0, 0.1) is 5.92 Å². The summed E-state index contributed by atoms with van der Waals surface area (Å²) in [6, 6.07) is 3.44. The van der Waals surface area contributed by atoms with Gasteiger partial charge in [-0.3, -0.25) is 0 Å². The first kappa shape index (κ1) is 14.0. The first-order valence-electron chi connectivity index (χ1n) is 4.82. The molecule has 2 N–H and O–H groups in total. The van der Waals surface area contributed by atoms with E-state index in [1.165, 1.54) is 0 Å². The van der Waals surface area contributed by atoms with E-state index in [0.29, 0.717) is 32.4 Å². The molecule has 1 aromatic rings. The van der Waals surface area contributed by atoms with Gasteiger partial charge in [-0.05, 0) is 30.0 Å². The highest BCUT2D eigenvalue weighted by Crippen LogP contribution is 2.33. The van der Waals surface area contributed by atoms with Crippen LogP contribution in [-0.4, -0.2) is 4.99 Å². The Morgan fingerprint density at radius 3 is 2.44 bits per heavy atom. The monoisotopic (exact) mass is 295 g/mol. The van der Waals surface area contributed by atoms with Crippen molar-refractivity contribution in [2.24, 2.45) is 11.7 Å². The molecule has 1 aromatic carbocycles. The van der Waals surface area contributed by atoms with Gasteiger partial charge in [0.05, 0.1) is 15.0 Å². The molecule has 0 aromatic heterocycles. The number of hydrogen-bond acceptors (Lipinski definition) is 1. The predicted octanol–water partition coefficient (Wildman–Crippen LogP) is 4.50. The van der Waals surface area contributed by atoms with E-state index in [0.717, 1.165) is 12.0 Å². The van der Waals surface area contributed by atoms with Gasteiger partial charge in [0, 0.05) is 11.4 Å². The molecular formula is C11H12Cl3NS. The van der Waals surface area contributed by atoms with Gasteiger partial charge in [0.15, 0.2) is 0 Å². The highest BCUT2D eigenvalue weighted by atomic mass is 35.5. The summed E-state index contributed by atoms with van der Waals surface area (Å²) < 4.78 is 0. The molecule has 0 heterocycles. The van der Waals surface area contributed by atoms with E-state index in [-0.39, 0.29) is 0 Å². The van der Waals surface area contributed by atoms with E-state index in [2.05, 4.69) is 0 Å². The molecule has 0 saturated heterocycles. The van der Waals surface area contributed by atoms with Crippen LogP contribution in [0.4, 0.5) is 0 Å². The first-order chi connectivity index (χ1) is 7.41.